The molecular weight excluding hydrogens is 216 g/mol. The molecular formula is C13H24N2O2. The van der Waals surface area contributed by atoms with Crippen molar-refractivity contribution < 1.29 is 9.53 Å². The first kappa shape index (κ1) is 12.8. The molecule has 1 aliphatic carbocycles. The molecule has 4 nitrogen and oxygen atoms in total. The van der Waals surface area contributed by atoms with Crippen LogP contribution < -0.4 is 5.73 Å². The molecule has 98 valence electrons. The molecule has 2 N–H and O–H groups in total. The van der Waals surface area contributed by atoms with Crippen molar-refractivity contribution >= 4 is 5.91 Å². The van der Waals surface area contributed by atoms with Crippen LogP contribution in [0.1, 0.15) is 32.6 Å². The number of hydrogen-bond donors (Lipinski definition) is 1. The summed E-state index contributed by atoms with van der Waals surface area (Å²) in [7, 11) is 1.72. The Bertz CT molecular complexity index is 285. The van der Waals surface area contributed by atoms with E-state index in [2.05, 4.69) is 0 Å². The smallest absolute Gasteiger partial charge is 0.242 e. The summed E-state index contributed by atoms with van der Waals surface area (Å²) in [4.78, 5) is 14.4. The molecule has 0 aromatic carbocycles. The first-order chi connectivity index (χ1) is 8.05. The number of carbonyl (C=O) groups excluding carboxylic acids is 1. The third-order valence-corrected chi connectivity index (χ3v) is 4.09. The van der Waals surface area contributed by atoms with Crippen LogP contribution >= 0.6 is 0 Å². The maximum absolute atomic E-state index is 12.4. The number of methoxy groups -OCH3 is 1. The number of piperidine rings is 1. The average Bonchev–Trinajstić information content (AvgIpc) is 3.13. The van der Waals surface area contributed by atoms with Gasteiger partial charge in [-0.1, -0.05) is 0 Å². The molecule has 17 heavy (non-hydrogen) atoms. The summed E-state index contributed by atoms with van der Waals surface area (Å²) in [6.07, 6.45) is 4.44. The summed E-state index contributed by atoms with van der Waals surface area (Å²) < 4.78 is 5.19. The van der Waals surface area contributed by atoms with Gasteiger partial charge in [-0.15, -0.1) is 0 Å². The van der Waals surface area contributed by atoms with Gasteiger partial charge in [0.15, 0.2) is 0 Å². The van der Waals surface area contributed by atoms with Gasteiger partial charge < -0.3 is 15.4 Å². The molecule has 2 atom stereocenters. The van der Waals surface area contributed by atoms with Crippen LogP contribution in [-0.4, -0.2) is 43.2 Å². The molecule has 4 heteroatoms. The Hall–Kier alpha value is -0.610. The largest absolute Gasteiger partial charge is 0.384 e. The predicted octanol–water partition coefficient (Wildman–Crippen LogP) is 0.999. The SMILES string of the molecule is COCC1CCCN(C(=O)C(C)(N)C2CC2)C1. The molecule has 2 unspecified atom stereocenters. The molecule has 0 aromatic heterocycles. The standard InChI is InChI=1S/C13H24N2O2/c1-13(14,11-5-6-11)12(16)15-7-3-4-10(8-15)9-17-2/h10-11H,3-9,14H2,1-2H3. The van der Waals surface area contributed by atoms with Crippen LogP contribution in [-0.2, 0) is 9.53 Å². The summed E-state index contributed by atoms with van der Waals surface area (Å²) in [5.74, 6) is 1.02. The maximum Gasteiger partial charge on any atom is 0.242 e. The molecule has 1 aliphatic heterocycles. The lowest BCUT2D eigenvalue weighted by atomic mass is 9.92. The number of likely N-dealkylation sites (tertiary alicyclic amines) is 1. The predicted molar refractivity (Wildman–Crippen MR) is 66.5 cm³/mol. The fraction of sp³-hybridized carbons (Fsp3) is 0.923. The number of nitrogens with zero attached hydrogens (tertiary/aromatic N) is 1. The van der Waals surface area contributed by atoms with Crippen molar-refractivity contribution in [2.24, 2.45) is 17.6 Å². The molecule has 0 spiro atoms. The van der Waals surface area contributed by atoms with E-state index < -0.39 is 5.54 Å². The Morgan fingerprint density at radius 1 is 1.47 bits per heavy atom. The van der Waals surface area contributed by atoms with Gasteiger partial charge in [0.2, 0.25) is 5.91 Å². The topological polar surface area (TPSA) is 55.6 Å². The van der Waals surface area contributed by atoms with Crippen LogP contribution in [0.15, 0.2) is 0 Å². The van der Waals surface area contributed by atoms with Crippen molar-refractivity contribution in [1.82, 2.24) is 4.90 Å². The van der Waals surface area contributed by atoms with Crippen molar-refractivity contribution in [3.8, 4) is 0 Å². The number of amides is 1. The van der Waals surface area contributed by atoms with E-state index in [0.717, 1.165) is 45.4 Å². The number of nitrogens with two attached hydrogens (primary N) is 1. The second kappa shape index (κ2) is 4.94. The molecule has 2 fully saturated rings. The number of carbonyl (C=O) groups is 1. The van der Waals surface area contributed by atoms with Gasteiger partial charge in [-0.3, -0.25) is 4.79 Å². The summed E-state index contributed by atoms with van der Waals surface area (Å²) in [5.41, 5.74) is 5.55. The quantitative estimate of drug-likeness (QED) is 0.797. The van der Waals surface area contributed by atoms with Gasteiger partial charge >= 0.3 is 0 Å². The Morgan fingerprint density at radius 3 is 2.76 bits per heavy atom. The highest BCUT2D eigenvalue weighted by Crippen LogP contribution is 2.39. The van der Waals surface area contributed by atoms with Gasteiger partial charge in [-0.05, 0) is 44.4 Å². The lowest BCUT2D eigenvalue weighted by molar-refractivity contribution is -0.139. The molecule has 1 saturated carbocycles. The van der Waals surface area contributed by atoms with E-state index in [4.69, 9.17) is 10.5 Å². The lowest BCUT2D eigenvalue weighted by Crippen LogP contribution is -2.57. The zero-order chi connectivity index (χ0) is 12.5. The van der Waals surface area contributed by atoms with Gasteiger partial charge in [-0.2, -0.15) is 0 Å². The summed E-state index contributed by atoms with van der Waals surface area (Å²) in [6.45, 7) is 4.31. The Morgan fingerprint density at radius 2 is 2.18 bits per heavy atom. The third-order valence-electron chi connectivity index (χ3n) is 4.09. The normalized spacial score (nSPS) is 28.9. The van der Waals surface area contributed by atoms with E-state index in [-0.39, 0.29) is 5.91 Å². The monoisotopic (exact) mass is 240 g/mol. The lowest BCUT2D eigenvalue weighted by Gasteiger charge is -2.37. The number of ether oxygens (including phenoxy) is 1. The van der Waals surface area contributed by atoms with Crippen molar-refractivity contribution in [3.63, 3.8) is 0 Å². The minimum absolute atomic E-state index is 0.140. The van der Waals surface area contributed by atoms with Crippen LogP contribution in [0.5, 0.6) is 0 Å². The van der Waals surface area contributed by atoms with Crippen molar-refractivity contribution in [2.75, 3.05) is 26.8 Å². The van der Waals surface area contributed by atoms with E-state index in [1.165, 1.54) is 0 Å². The van der Waals surface area contributed by atoms with Crippen molar-refractivity contribution in [1.29, 1.82) is 0 Å². The van der Waals surface area contributed by atoms with Crippen LogP contribution in [0.2, 0.25) is 0 Å². The average molecular weight is 240 g/mol. The molecule has 0 bridgehead atoms. The van der Waals surface area contributed by atoms with Crippen LogP contribution in [0, 0.1) is 11.8 Å². The van der Waals surface area contributed by atoms with Crippen molar-refractivity contribution in [3.05, 3.63) is 0 Å². The van der Waals surface area contributed by atoms with E-state index in [9.17, 15) is 4.79 Å². The molecule has 0 aromatic rings. The highest BCUT2D eigenvalue weighted by molar-refractivity contribution is 5.86. The first-order valence-corrected chi connectivity index (χ1v) is 6.63. The van der Waals surface area contributed by atoms with E-state index in [1.54, 1.807) is 7.11 Å². The first-order valence-electron chi connectivity index (χ1n) is 6.63. The minimum atomic E-state index is -0.644. The highest BCUT2D eigenvalue weighted by Gasteiger charge is 2.46. The van der Waals surface area contributed by atoms with Gasteiger partial charge in [0.05, 0.1) is 12.1 Å². The van der Waals surface area contributed by atoms with Gasteiger partial charge in [0.1, 0.15) is 0 Å². The molecule has 0 radical (unpaired) electrons. The summed E-state index contributed by atoms with van der Waals surface area (Å²) >= 11 is 0. The Kier molecular flexibility index (Phi) is 3.73. The zero-order valence-corrected chi connectivity index (χ0v) is 10.9. The van der Waals surface area contributed by atoms with Gasteiger partial charge in [0, 0.05) is 20.2 Å². The minimum Gasteiger partial charge on any atom is -0.384 e. The molecule has 1 amide bonds. The molecule has 1 heterocycles. The van der Waals surface area contributed by atoms with Crippen LogP contribution in [0.4, 0.5) is 0 Å². The van der Waals surface area contributed by atoms with Crippen LogP contribution in [0.3, 0.4) is 0 Å². The second-order valence-corrected chi connectivity index (χ2v) is 5.77. The zero-order valence-electron chi connectivity index (χ0n) is 10.9. The van der Waals surface area contributed by atoms with E-state index in [0.29, 0.717) is 11.8 Å². The molecule has 2 aliphatic rings. The fourth-order valence-corrected chi connectivity index (χ4v) is 2.82. The highest BCUT2D eigenvalue weighted by atomic mass is 16.5. The second-order valence-electron chi connectivity index (χ2n) is 5.77. The number of rotatable bonds is 4. The van der Waals surface area contributed by atoms with Gasteiger partial charge in [-0.25, -0.2) is 0 Å². The maximum atomic E-state index is 12.4. The van der Waals surface area contributed by atoms with Crippen LogP contribution in [0.25, 0.3) is 0 Å². The van der Waals surface area contributed by atoms with Gasteiger partial charge in [0.25, 0.3) is 0 Å². The van der Waals surface area contributed by atoms with E-state index in [1.807, 2.05) is 11.8 Å². The van der Waals surface area contributed by atoms with E-state index >= 15 is 0 Å². The number of hydrogen-bond acceptors (Lipinski definition) is 3. The molecule has 2 rings (SSSR count). The summed E-state index contributed by atoms with van der Waals surface area (Å²) in [6, 6.07) is 0. The summed E-state index contributed by atoms with van der Waals surface area (Å²) in [5, 5.41) is 0. The molecule has 1 saturated heterocycles. The van der Waals surface area contributed by atoms with Crippen molar-refractivity contribution in [2.45, 2.75) is 38.1 Å². The third kappa shape index (κ3) is 2.80. The fourth-order valence-electron chi connectivity index (χ4n) is 2.82. The Labute approximate surface area is 103 Å². The Balaban J connectivity index is 1.94.